The summed E-state index contributed by atoms with van der Waals surface area (Å²) in [5, 5.41) is 16.3. The van der Waals surface area contributed by atoms with Crippen molar-refractivity contribution in [3.8, 4) is 5.69 Å². The van der Waals surface area contributed by atoms with E-state index in [9.17, 15) is 17.6 Å². The van der Waals surface area contributed by atoms with Crippen LogP contribution in [0.4, 0.5) is 4.39 Å². The Kier molecular flexibility index (Phi) is 6.44. The largest absolute Gasteiger partial charge is 0.356 e. The van der Waals surface area contributed by atoms with Crippen LogP contribution in [0.25, 0.3) is 16.6 Å². The maximum atomic E-state index is 13.5. The molecule has 4 heterocycles. The van der Waals surface area contributed by atoms with Gasteiger partial charge in [-0.25, -0.2) is 17.5 Å². The lowest BCUT2D eigenvalue weighted by molar-refractivity contribution is -0.119. The average molecular weight is 553 g/mol. The van der Waals surface area contributed by atoms with Crippen LogP contribution in [0.15, 0.2) is 53.8 Å². The fourth-order valence-electron chi connectivity index (χ4n) is 5.57. The minimum absolute atomic E-state index is 0.0474. The fourth-order valence-corrected chi connectivity index (χ4v) is 6.90. The molecule has 2 aliphatic heterocycles. The molecule has 2 aromatic heterocycles. The number of fused-ring (bicyclic) bond motifs is 1. The zero-order chi connectivity index (χ0) is 27.3. The van der Waals surface area contributed by atoms with E-state index in [0.29, 0.717) is 32.6 Å². The Hall–Kier alpha value is -3.68. The van der Waals surface area contributed by atoms with E-state index in [1.807, 2.05) is 13.0 Å². The Bertz CT molecular complexity index is 1650. The fraction of sp³-hybridized carbons (Fsp3) is 0.385. The summed E-state index contributed by atoms with van der Waals surface area (Å²) >= 11 is 0. The molecule has 1 N–H and O–H groups in total. The van der Waals surface area contributed by atoms with E-state index >= 15 is 0 Å². The molecule has 2 fully saturated rings. The van der Waals surface area contributed by atoms with Gasteiger partial charge in [0.15, 0.2) is 0 Å². The molecule has 39 heavy (non-hydrogen) atoms. The Balaban J connectivity index is 1.37. The van der Waals surface area contributed by atoms with Crippen LogP contribution in [0, 0.1) is 18.7 Å². The minimum atomic E-state index is -3.83. The lowest BCUT2D eigenvalue weighted by atomic mass is 9.95. The van der Waals surface area contributed by atoms with E-state index < -0.39 is 10.0 Å². The molecule has 0 spiro atoms. The number of nitrogens with zero attached hydrogens (tertiary/aromatic N) is 7. The standard InChI is InChI=1S/C26H29FN8O3S/c1-17-9-23-19(13-30-35(23)21-5-3-20(27)4-6-21)11-22(17)24-16-34(39(37,38)26-14-29-32(2)31-26)8-7-33(24)15-18-10-25(36)28-12-18/h3-6,9,11,13-14,18,24H,7-8,10,12,15-16H2,1-2H3,(H,28,36)/t18?,24-/m0/s1. The zero-order valence-corrected chi connectivity index (χ0v) is 22.5. The van der Waals surface area contributed by atoms with Crippen LogP contribution in [0.2, 0.25) is 0 Å². The smallest absolute Gasteiger partial charge is 0.264 e. The van der Waals surface area contributed by atoms with E-state index in [-0.39, 0.29) is 35.3 Å². The van der Waals surface area contributed by atoms with Gasteiger partial charge in [0, 0.05) is 57.6 Å². The SMILES string of the molecule is Cc1cc2c(cnn2-c2ccc(F)cc2)cc1[C@@H]1CN(S(=O)(=O)c2cnn(C)n2)CCN1CC1CNC(=O)C1. The van der Waals surface area contributed by atoms with Gasteiger partial charge >= 0.3 is 0 Å². The molecule has 1 unspecified atom stereocenters. The summed E-state index contributed by atoms with van der Waals surface area (Å²) in [6.45, 7) is 4.37. The molecule has 0 aliphatic carbocycles. The molecule has 1 amide bonds. The Morgan fingerprint density at radius 2 is 1.90 bits per heavy atom. The third-order valence-electron chi connectivity index (χ3n) is 7.58. The van der Waals surface area contributed by atoms with Gasteiger partial charge in [-0.15, -0.1) is 5.10 Å². The quantitative estimate of drug-likeness (QED) is 0.388. The number of rotatable bonds is 6. The van der Waals surface area contributed by atoms with Gasteiger partial charge in [-0.05, 0) is 60.4 Å². The number of nitrogens with one attached hydrogen (secondary N) is 1. The van der Waals surface area contributed by atoms with Gasteiger partial charge in [0.05, 0.1) is 23.6 Å². The maximum absolute atomic E-state index is 13.5. The Morgan fingerprint density at radius 1 is 1.10 bits per heavy atom. The molecular weight excluding hydrogens is 523 g/mol. The first kappa shape index (κ1) is 25.6. The molecule has 2 aromatic carbocycles. The van der Waals surface area contributed by atoms with Gasteiger partial charge in [-0.2, -0.15) is 19.3 Å². The van der Waals surface area contributed by atoms with Crippen molar-refractivity contribution >= 4 is 26.8 Å². The third kappa shape index (κ3) is 4.81. The van der Waals surface area contributed by atoms with Crippen molar-refractivity contribution in [3.05, 3.63) is 65.7 Å². The van der Waals surface area contributed by atoms with E-state index in [1.165, 1.54) is 27.4 Å². The van der Waals surface area contributed by atoms with Crippen molar-refractivity contribution < 1.29 is 17.6 Å². The van der Waals surface area contributed by atoms with E-state index in [2.05, 4.69) is 31.6 Å². The highest BCUT2D eigenvalue weighted by Crippen LogP contribution is 2.34. The van der Waals surface area contributed by atoms with Crippen LogP contribution < -0.4 is 5.32 Å². The van der Waals surface area contributed by atoms with Crippen LogP contribution in [-0.4, -0.2) is 81.0 Å². The minimum Gasteiger partial charge on any atom is -0.356 e. The van der Waals surface area contributed by atoms with Gasteiger partial charge in [0.25, 0.3) is 10.0 Å². The van der Waals surface area contributed by atoms with Crippen LogP contribution in [0.1, 0.15) is 23.6 Å². The van der Waals surface area contributed by atoms with Crippen molar-refractivity contribution in [2.24, 2.45) is 13.0 Å². The lowest BCUT2D eigenvalue weighted by Crippen LogP contribution is -2.51. The molecule has 204 valence electrons. The number of halogens is 1. The molecule has 2 aliphatic rings. The summed E-state index contributed by atoms with van der Waals surface area (Å²) in [5.41, 5.74) is 3.61. The maximum Gasteiger partial charge on any atom is 0.264 e. The molecule has 2 atom stereocenters. The third-order valence-corrected chi connectivity index (χ3v) is 9.30. The number of hydrogen-bond acceptors (Lipinski definition) is 7. The van der Waals surface area contributed by atoms with Gasteiger partial charge in [-0.1, -0.05) is 0 Å². The molecule has 4 aromatic rings. The molecule has 0 radical (unpaired) electrons. The number of benzene rings is 2. The van der Waals surface area contributed by atoms with Crippen molar-refractivity contribution in [1.82, 2.24) is 39.3 Å². The predicted octanol–water partition coefficient (Wildman–Crippen LogP) is 1.79. The van der Waals surface area contributed by atoms with E-state index in [4.69, 9.17) is 0 Å². The number of hydrogen-bond donors (Lipinski definition) is 1. The van der Waals surface area contributed by atoms with E-state index in [0.717, 1.165) is 27.7 Å². The van der Waals surface area contributed by atoms with Crippen LogP contribution in [0.3, 0.4) is 0 Å². The summed E-state index contributed by atoms with van der Waals surface area (Å²) in [6, 6.07) is 10.0. The number of carbonyl (C=O) groups excluding carboxylic acids is 1. The van der Waals surface area contributed by atoms with E-state index in [1.54, 1.807) is 30.1 Å². The van der Waals surface area contributed by atoms with Gasteiger partial charge in [0.1, 0.15) is 5.82 Å². The monoisotopic (exact) mass is 552 g/mol. The second kappa shape index (κ2) is 9.81. The molecule has 0 saturated carbocycles. The summed E-state index contributed by atoms with van der Waals surface area (Å²) in [6.07, 6.45) is 3.50. The lowest BCUT2D eigenvalue weighted by Gasteiger charge is -2.42. The summed E-state index contributed by atoms with van der Waals surface area (Å²) in [7, 11) is -2.25. The van der Waals surface area contributed by atoms with Crippen molar-refractivity contribution in [3.63, 3.8) is 0 Å². The Morgan fingerprint density at radius 3 is 2.59 bits per heavy atom. The number of aromatic nitrogens is 5. The molecule has 2 saturated heterocycles. The highest BCUT2D eigenvalue weighted by atomic mass is 32.2. The van der Waals surface area contributed by atoms with Crippen molar-refractivity contribution in [1.29, 1.82) is 0 Å². The number of amides is 1. The molecule has 11 nitrogen and oxygen atoms in total. The Labute approximate surface area is 225 Å². The topological polar surface area (TPSA) is 118 Å². The van der Waals surface area contributed by atoms with Crippen LogP contribution >= 0.6 is 0 Å². The predicted molar refractivity (Wildman–Crippen MR) is 141 cm³/mol. The first-order valence-electron chi connectivity index (χ1n) is 12.8. The van der Waals surface area contributed by atoms with Gasteiger partial charge in [-0.3, -0.25) is 9.69 Å². The molecule has 6 rings (SSSR count). The normalized spacial score (nSPS) is 21.1. The summed E-state index contributed by atoms with van der Waals surface area (Å²) in [4.78, 5) is 15.4. The number of carbonyl (C=O) groups is 1. The van der Waals surface area contributed by atoms with Gasteiger partial charge < -0.3 is 5.32 Å². The summed E-state index contributed by atoms with van der Waals surface area (Å²) in [5.74, 6) is -0.106. The number of aryl methyl sites for hydroxylation is 2. The highest BCUT2D eigenvalue weighted by molar-refractivity contribution is 7.89. The second-order valence-electron chi connectivity index (χ2n) is 10.2. The average Bonchev–Trinajstić information content (AvgIpc) is 3.64. The molecule has 13 heteroatoms. The van der Waals surface area contributed by atoms with Crippen LogP contribution in [0.5, 0.6) is 0 Å². The molecular formula is C26H29FN8O3S. The number of piperazine rings is 1. The van der Waals surface area contributed by atoms with Gasteiger partial charge in [0.2, 0.25) is 10.9 Å². The van der Waals surface area contributed by atoms with Crippen molar-refractivity contribution in [2.45, 2.75) is 24.4 Å². The zero-order valence-electron chi connectivity index (χ0n) is 21.7. The molecule has 0 bridgehead atoms. The summed E-state index contributed by atoms with van der Waals surface area (Å²) < 4.78 is 43.6. The second-order valence-corrected chi connectivity index (χ2v) is 12.1. The highest BCUT2D eigenvalue weighted by Gasteiger charge is 2.38. The first-order chi connectivity index (χ1) is 18.7. The first-order valence-corrected chi connectivity index (χ1v) is 14.2. The number of sulfonamides is 1. The van der Waals surface area contributed by atoms with Crippen LogP contribution in [-0.2, 0) is 21.9 Å². The van der Waals surface area contributed by atoms with Crippen molar-refractivity contribution in [2.75, 3.05) is 32.7 Å².